The highest BCUT2D eigenvalue weighted by molar-refractivity contribution is 6.30. The molecule has 12 nitrogen and oxygen atoms in total. The molecule has 10 rings (SSSR count). The molecule has 2 aromatic carbocycles. The fourth-order valence-corrected chi connectivity index (χ4v) is 8.04. The van der Waals surface area contributed by atoms with Crippen LogP contribution in [0.2, 0.25) is 5.15 Å². The van der Waals surface area contributed by atoms with Crippen molar-refractivity contribution >= 4 is 28.8 Å². The third kappa shape index (κ3) is 10.1. The van der Waals surface area contributed by atoms with Crippen molar-refractivity contribution in [2.45, 2.75) is 90.4 Å². The van der Waals surface area contributed by atoms with Gasteiger partial charge in [0.1, 0.15) is 35.8 Å². The minimum Gasteiger partial charge on any atom is -0.366 e. The zero-order valence-electron chi connectivity index (χ0n) is 34.7. The Hall–Kier alpha value is -6.47. The normalized spacial score (nSPS) is 15.1. The number of aryl methyl sites for hydroxylation is 2. The summed E-state index contributed by atoms with van der Waals surface area (Å²) in [5.41, 5.74) is 19.8. The van der Waals surface area contributed by atoms with Crippen molar-refractivity contribution in [2.75, 3.05) is 28.2 Å². The highest BCUT2D eigenvalue weighted by Gasteiger charge is 2.26. The van der Waals surface area contributed by atoms with Crippen LogP contribution in [0.1, 0.15) is 105 Å². The Morgan fingerprint density at radius 2 is 1.20 bits per heavy atom. The van der Waals surface area contributed by atoms with Gasteiger partial charge >= 0.3 is 0 Å². The first kappa shape index (κ1) is 41.3. The minimum atomic E-state index is 0.505. The molecule has 2 saturated carbocycles. The van der Waals surface area contributed by atoms with Crippen molar-refractivity contribution in [3.05, 3.63) is 158 Å². The Bertz CT molecular complexity index is 2570. The SMILES string of the molecule is Cc1ccc(N2CCc3ncnc(Cl)c3C2)c(C#N)c1.Cc1ccc(N2CCc3ncnc(NCc4ccc(C5CC5)cn4)c3C2)c(C#N)c1.NCc1ccc(C2CC2)cn1. The van der Waals surface area contributed by atoms with E-state index in [-0.39, 0.29) is 0 Å². The molecule has 13 heteroatoms. The molecule has 0 spiro atoms. The van der Waals surface area contributed by atoms with Gasteiger partial charge in [-0.3, -0.25) is 9.97 Å². The zero-order valence-corrected chi connectivity index (χ0v) is 35.4. The summed E-state index contributed by atoms with van der Waals surface area (Å²) in [6, 6.07) is 25.0. The van der Waals surface area contributed by atoms with E-state index in [2.05, 4.69) is 81.4 Å². The molecule has 0 bridgehead atoms. The van der Waals surface area contributed by atoms with E-state index in [4.69, 9.17) is 17.3 Å². The molecule has 0 amide bonds. The molecule has 2 fully saturated rings. The van der Waals surface area contributed by atoms with Gasteiger partial charge < -0.3 is 20.9 Å². The van der Waals surface area contributed by atoms with Gasteiger partial charge in [-0.15, -0.1) is 0 Å². The predicted molar refractivity (Wildman–Crippen MR) is 238 cm³/mol. The van der Waals surface area contributed by atoms with Crippen LogP contribution in [0, 0.1) is 36.5 Å². The maximum Gasteiger partial charge on any atom is 0.137 e. The molecule has 0 saturated heterocycles. The summed E-state index contributed by atoms with van der Waals surface area (Å²) < 4.78 is 0. The standard InChI is InChI=1S/C24H24N6.C15H13ClN4.C9H12N2/c1-16-2-7-23(19(10-16)11-25)30-9-8-22-21(14-30)24(29-15-28-22)27-13-20-6-5-18(12-26-20)17-3-4-17;1-10-2-3-14(11(6-10)7-17)20-5-4-13-12(8-20)15(16)19-9-18-13;10-5-9-4-3-8(6-11-9)7-1-2-7/h2,5-7,10,12,15,17H,3-4,8-9,13-14H2,1H3,(H,27,28,29);2-3,6,9H,4-5,8H2,1H3;3-4,6-7H,1-2,5,10H2. The first-order valence-electron chi connectivity index (χ1n) is 21.0. The molecule has 0 radical (unpaired) electrons. The second-order valence-corrected chi connectivity index (χ2v) is 16.5. The lowest BCUT2D eigenvalue weighted by Crippen LogP contribution is -2.32. The number of nitrogens with two attached hydrogens (primary N) is 1. The van der Waals surface area contributed by atoms with E-state index in [1.807, 2.05) is 62.6 Å². The van der Waals surface area contributed by atoms with Gasteiger partial charge in [-0.1, -0.05) is 35.9 Å². The quantitative estimate of drug-likeness (QED) is 0.141. The number of nitriles is 2. The van der Waals surface area contributed by atoms with Crippen LogP contribution >= 0.6 is 11.6 Å². The van der Waals surface area contributed by atoms with Gasteiger partial charge in [0.2, 0.25) is 0 Å². The maximum absolute atomic E-state index is 9.57. The number of fused-ring (bicyclic) bond motifs is 2. The van der Waals surface area contributed by atoms with E-state index >= 15 is 0 Å². The molecular formula is C48H49ClN12. The van der Waals surface area contributed by atoms with Crippen LogP contribution in [-0.2, 0) is 39.0 Å². The monoisotopic (exact) mass is 828 g/mol. The zero-order chi connectivity index (χ0) is 42.3. The Morgan fingerprint density at radius 1 is 0.672 bits per heavy atom. The number of anilines is 3. The molecule has 0 atom stereocenters. The number of nitrogens with one attached hydrogen (secondary N) is 1. The maximum atomic E-state index is 9.57. The van der Waals surface area contributed by atoms with Gasteiger partial charge in [-0.05, 0) is 110 Å². The number of hydrogen-bond acceptors (Lipinski definition) is 12. The van der Waals surface area contributed by atoms with Gasteiger partial charge in [-0.25, -0.2) is 19.9 Å². The average molecular weight is 829 g/mol. The summed E-state index contributed by atoms with van der Waals surface area (Å²) in [6.07, 6.45) is 14.0. The Kier molecular flexibility index (Phi) is 12.8. The van der Waals surface area contributed by atoms with Crippen LogP contribution in [0.15, 0.2) is 85.7 Å². The molecule has 6 heterocycles. The first-order valence-corrected chi connectivity index (χ1v) is 21.3. The van der Waals surface area contributed by atoms with Crippen molar-refractivity contribution in [3.63, 3.8) is 0 Å². The van der Waals surface area contributed by atoms with Crippen LogP contribution < -0.4 is 20.9 Å². The van der Waals surface area contributed by atoms with Crippen molar-refractivity contribution < 1.29 is 0 Å². The first-order chi connectivity index (χ1) is 29.8. The van der Waals surface area contributed by atoms with E-state index in [0.29, 0.717) is 42.5 Å². The van der Waals surface area contributed by atoms with Gasteiger partial charge in [0.05, 0.1) is 51.8 Å². The fourth-order valence-electron chi connectivity index (χ4n) is 7.83. The predicted octanol–water partition coefficient (Wildman–Crippen LogP) is 8.39. The molecule has 4 aliphatic rings. The largest absolute Gasteiger partial charge is 0.366 e. The summed E-state index contributed by atoms with van der Waals surface area (Å²) in [5, 5.41) is 22.8. The smallest absolute Gasteiger partial charge is 0.137 e. The summed E-state index contributed by atoms with van der Waals surface area (Å²) in [6.45, 7) is 8.17. The molecule has 6 aromatic rings. The van der Waals surface area contributed by atoms with Gasteiger partial charge in [0, 0.05) is 69.1 Å². The summed E-state index contributed by atoms with van der Waals surface area (Å²) in [5.74, 6) is 2.37. The van der Waals surface area contributed by atoms with Crippen LogP contribution in [-0.4, -0.2) is 43.0 Å². The van der Waals surface area contributed by atoms with E-state index in [0.717, 1.165) is 100.0 Å². The summed E-state index contributed by atoms with van der Waals surface area (Å²) in [7, 11) is 0. The second-order valence-electron chi connectivity index (χ2n) is 16.1. The van der Waals surface area contributed by atoms with E-state index < -0.39 is 0 Å². The van der Waals surface area contributed by atoms with Crippen molar-refractivity contribution in [2.24, 2.45) is 5.73 Å². The van der Waals surface area contributed by atoms with Crippen molar-refractivity contribution in [1.82, 2.24) is 29.9 Å². The average Bonchev–Trinajstić information content (AvgIpc) is 4.24. The van der Waals surface area contributed by atoms with E-state index in [1.165, 1.54) is 43.1 Å². The number of nitrogens with zero attached hydrogens (tertiary/aromatic N) is 10. The molecular weight excluding hydrogens is 780 g/mol. The number of halogens is 1. The lowest BCUT2D eigenvalue weighted by atomic mass is 10.0. The van der Waals surface area contributed by atoms with Crippen molar-refractivity contribution in [1.29, 1.82) is 10.5 Å². The van der Waals surface area contributed by atoms with Crippen LogP contribution in [0.3, 0.4) is 0 Å². The number of rotatable bonds is 8. The Labute approximate surface area is 362 Å². The highest BCUT2D eigenvalue weighted by Crippen LogP contribution is 2.40. The van der Waals surface area contributed by atoms with Gasteiger partial charge in [0.15, 0.2) is 0 Å². The van der Waals surface area contributed by atoms with Crippen LogP contribution in [0.4, 0.5) is 17.2 Å². The lowest BCUT2D eigenvalue weighted by Gasteiger charge is -2.31. The lowest BCUT2D eigenvalue weighted by molar-refractivity contribution is 0.704. The van der Waals surface area contributed by atoms with Crippen LogP contribution in [0.25, 0.3) is 0 Å². The summed E-state index contributed by atoms with van der Waals surface area (Å²) in [4.78, 5) is 30.6. The molecule has 308 valence electrons. The highest BCUT2D eigenvalue weighted by atomic mass is 35.5. The second kappa shape index (κ2) is 18.8. The molecule has 61 heavy (non-hydrogen) atoms. The minimum absolute atomic E-state index is 0.505. The Morgan fingerprint density at radius 3 is 1.70 bits per heavy atom. The Balaban J connectivity index is 0.000000142. The van der Waals surface area contributed by atoms with E-state index in [1.54, 1.807) is 6.33 Å². The van der Waals surface area contributed by atoms with Gasteiger partial charge in [0.25, 0.3) is 0 Å². The fraction of sp³-hybridized carbons (Fsp3) is 0.333. The molecule has 0 unspecified atom stereocenters. The van der Waals surface area contributed by atoms with Crippen LogP contribution in [0.5, 0.6) is 0 Å². The number of hydrogen-bond donors (Lipinski definition) is 2. The number of pyridine rings is 2. The third-order valence-corrected chi connectivity index (χ3v) is 11.9. The topological polar surface area (TPSA) is 169 Å². The molecule has 2 aliphatic heterocycles. The third-order valence-electron chi connectivity index (χ3n) is 11.6. The number of benzene rings is 2. The number of aromatic nitrogens is 6. The molecule has 2 aliphatic carbocycles. The summed E-state index contributed by atoms with van der Waals surface area (Å²) >= 11 is 6.15. The van der Waals surface area contributed by atoms with Crippen molar-refractivity contribution in [3.8, 4) is 12.1 Å². The van der Waals surface area contributed by atoms with E-state index in [9.17, 15) is 10.5 Å². The van der Waals surface area contributed by atoms with Gasteiger partial charge in [-0.2, -0.15) is 10.5 Å². The molecule has 3 N–H and O–H groups in total. The molecule has 4 aromatic heterocycles.